The number of hydrogen-bond donors (Lipinski definition) is 1. The summed E-state index contributed by atoms with van der Waals surface area (Å²) < 4.78 is 9.66. The monoisotopic (exact) mass is 224 g/mol. The highest BCUT2D eigenvalue weighted by Crippen LogP contribution is 2.13. The van der Waals surface area contributed by atoms with Crippen molar-refractivity contribution >= 4 is 5.97 Å². The van der Waals surface area contributed by atoms with Gasteiger partial charge in [-0.15, -0.1) is 0 Å². The molecule has 0 fully saturated rings. The third-order valence-corrected chi connectivity index (χ3v) is 2.31. The molecule has 88 valence electrons. The van der Waals surface area contributed by atoms with Crippen LogP contribution in [0.3, 0.4) is 0 Å². The van der Waals surface area contributed by atoms with Gasteiger partial charge >= 0.3 is 5.97 Å². The molecule has 5 nitrogen and oxygen atoms in total. The Bertz CT molecular complexity index is 355. The fraction of sp³-hybridized carbons (Fsp3) is 0.455. The van der Waals surface area contributed by atoms with Crippen molar-refractivity contribution in [1.29, 1.82) is 0 Å². The fourth-order valence-electron chi connectivity index (χ4n) is 1.40. The van der Waals surface area contributed by atoms with Gasteiger partial charge in [0.2, 0.25) is 5.88 Å². The number of nitrogens with two attached hydrogens (primary N) is 1. The minimum Gasteiger partial charge on any atom is -0.481 e. The van der Waals surface area contributed by atoms with Crippen LogP contribution in [0.4, 0.5) is 0 Å². The highest BCUT2D eigenvalue weighted by molar-refractivity contribution is 5.72. The van der Waals surface area contributed by atoms with Crippen molar-refractivity contribution < 1.29 is 14.3 Å². The van der Waals surface area contributed by atoms with Crippen molar-refractivity contribution in [2.24, 2.45) is 11.7 Å². The summed E-state index contributed by atoms with van der Waals surface area (Å²) in [6, 6.07) is 3.61. The van der Waals surface area contributed by atoms with Crippen LogP contribution in [0.15, 0.2) is 18.3 Å². The van der Waals surface area contributed by atoms with E-state index in [0.29, 0.717) is 12.3 Å². The summed E-state index contributed by atoms with van der Waals surface area (Å²) in [5.74, 6) is -0.0893. The molecule has 0 bridgehead atoms. The molecule has 5 heteroatoms. The van der Waals surface area contributed by atoms with Crippen LogP contribution in [0.5, 0.6) is 5.88 Å². The number of ether oxygens (including phenoxy) is 2. The number of methoxy groups -OCH3 is 2. The third kappa shape index (κ3) is 3.20. The average Bonchev–Trinajstić information content (AvgIpc) is 2.35. The van der Waals surface area contributed by atoms with E-state index >= 15 is 0 Å². The Labute approximate surface area is 94.6 Å². The van der Waals surface area contributed by atoms with E-state index in [2.05, 4.69) is 9.72 Å². The summed E-state index contributed by atoms with van der Waals surface area (Å²) in [4.78, 5) is 15.3. The maximum absolute atomic E-state index is 11.4. The first-order valence-electron chi connectivity index (χ1n) is 4.98. The van der Waals surface area contributed by atoms with E-state index in [0.717, 1.165) is 5.56 Å². The van der Waals surface area contributed by atoms with Gasteiger partial charge in [-0.3, -0.25) is 4.79 Å². The Morgan fingerprint density at radius 1 is 1.56 bits per heavy atom. The molecule has 0 aliphatic rings. The van der Waals surface area contributed by atoms with Crippen LogP contribution in [-0.4, -0.2) is 31.7 Å². The zero-order chi connectivity index (χ0) is 12.0. The number of esters is 1. The average molecular weight is 224 g/mol. The van der Waals surface area contributed by atoms with Gasteiger partial charge in [0.15, 0.2) is 0 Å². The summed E-state index contributed by atoms with van der Waals surface area (Å²) in [7, 11) is 2.91. The van der Waals surface area contributed by atoms with E-state index in [4.69, 9.17) is 10.5 Å². The van der Waals surface area contributed by atoms with Crippen molar-refractivity contribution in [1.82, 2.24) is 4.98 Å². The van der Waals surface area contributed by atoms with Crippen molar-refractivity contribution in [2.45, 2.75) is 6.42 Å². The first-order valence-corrected chi connectivity index (χ1v) is 4.98. The molecule has 1 rings (SSSR count). The van der Waals surface area contributed by atoms with Crippen LogP contribution in [-0.2, 0) is 16.0 Å². The van der Waals surface area contributed by atoms with Crippen LogP contribution in [0, 0.1) is 5.92 Å². The number of hydrogen-bond acceptors (Lipinski definition) is 5. The number of aromatic nitrogens is 1. The van der Waals surface area contributed by atoms with Gasteiger partial charge in [0.05, 0.1) is 20.1 Å². The minimum atomic E-state index is -0.322. The molecule has 1 aromatic rings. The van der Waals surface area contributed by atoms with Crippen LogP contribution in [0.25, 0.3) is 0 Å². The summed E-state index contributed by atoms with van der Waals surface area (Å²) in [5, 5.41) is 0. The Kier molecular flexibility index (Phi) is 4.72. The molecule has 0 amide bonds. The summed E-state index contributed by atoms with van der Waals surface area (Å²) >= 11 is 0. The molecule has 1 aromatic heterocycles. The summed E-state index contributed by atoms with van der Waals surface area (Å²) in [6.07, 6.45) is 2.17. The maximum Gasteiger partial charge on any atom is 0.310 e. The molecule has 2 N–H and O–H groups in total. The van der Waals surface area contributed by atoms with Gasteiger partial charge in [-0.05, 0) is 18.1 Å². The molecular weight excluding hydrogens is 208 g/mol. The molecule has 0 radical (unpaired) electrons. The molecule has 0 aliphatic heterocycles. The predicted octanol–water partition coefficient (Wildman–Crippen LogP) is 0.381. The molecule has 0 aliphatic carbocycles. The number of rotatable bonds is 5. The van der Waals surface area contributed by atoms with Crippen molar-refractivity contribution in [3.63, 3.8) is 0 Å². The number of carbonyl (C=O) groups is 1. The van der Waals surface area contributed by atoms with Crippen LogP contribution < -0.4 is 10.5 Å². The number of nitrogens with zero attached hydrogens (tertiary/aromatic N) is 1. The van der Waals surface area contributed by atoms with E-state index in [1.165, 1.54) is 7.11 Å². The number of pyridine rings is 1. The van der Waals surface area contributed by atoms with E-state index in [1.807, 2.05) is 6.07 Å². The van der Waals surface area contributed by atoms with Gasteiger partial charge in [0.25, 0.3) is 0 Å². The largest absolute Gasteiger partial charge is 0.481 e. The molecular formula is C11H16N2O3. The topological polar surface area (TPSA) is 74.4 Å². The van der Waals surface area contributed by atoms with Gasteiger partial charge in [-0.2, -0.15) is 0 Å². The Balaban J connectivity index is 2.73. The van der Waals surface area contributed by atoms with Crippen molar-refractivity contribution in [3.8, 4) is 5.88 Å². The molecule has 0 spiro atoms. The van der Waals surface area contributed by atoms with Gasteiger partial charge in [-0.1, -0.05) is 0 Å². The molecule has 1 atom stereocenters. The fourth-order valence-corrected chi connectivity index (χ4v) is 1.40. The van der Waals surface area contributed by atoms with Crippen LogP contribution in [0.1, 0.15) is 5.56 Å². The molecule has 0 saturated carbocycles. The second-order valence-corrected chi connectivity index (χ2v) is 3.37. The van der Waals surface area contributed by atoms with Gasteiger partial charge < -0.3 is 15.2 Å². The van der Waals surface area contributed by atoms with Gasteiger partial charge in [0, 0.05) is 18.8 Å². The zero-order valence-corrected chi connectivity index (χ0v) is 9.47. The lowest BCUT2D eigenvalue weighted by Gasteiger charge is -2.12. The molecule has 0 aromatic carbocycles. The molecule has 1 heterocycles. The maximum atomic E-state index is 11.4. The standard InChI is InChI=1S/C11H16N2O3/c1-15-10-6-8(3-4-13-10)5-9(7-12)11(14)16-2/h3-4,6,9H,5,7,12H2,1-2H3. The first-order chi connectivity index (χ1) is 7.71. The van der Waals surface area contributed by atoms with Gasteiger partial charge in [-0.25, -0.2) is 4.98 Å². The normalized spacial score (nSPS) is 11.9. The second-order valence-electron chi connectivity index (χ2n) is 3.37. The highest BCUT2D eigenvalue weighted by Gasteiger charge is 2.17. The first kappa shape index (κ1) is 12.4. The Morgan fingerprint density at radius 2 is 2.31 bits per heavy atom. The van der Waals surface area contributed by atoms with Crippen LogP contribution in [0.2, 0.25) is 0 Å². The van der Waals surface area contributed by atoms with Gasteiger partial charge in [0.1, 0.15) is 0 Å². The Morgan fingerprint density at radius 3 is 2.88 bits per heavy atom. The number of carbonyl (C=O) groups excluding carboxylic acids is 1. The lowest BCUT2D eigenvalue weighted by atomic mass is 10.0. The quantitative estimate of drug-likeness (QED) is 0.732. The second kappa shape index (κ2) is 6.07. The van der Waals surface area contributed by atoms with Crippen LogP contribution >= 0.6 is 0 Å². The lowest BCUT2D eigenvalue weighted by Crippen LogP contribution is -2.26. The third-order valence-electron chi connectivity index (χ3n) is 2.31. The lowest BCUT2D eigenvalue weighted by molar-refractivity contribution is -0.145. The SMILES string of the molecule is COC(=O)C(CN)Cc1ccnc(OC)c1. The van der Waals surface area contributed by atoms with E-state index in [1.54, 1.807) is 19.4 Å². The Hall–Kier alpha value is -1.62. The highest BCUT2D eigenvalue weighted by atomic mass is 16.5. The predicted molar refractivity (Wildman–Crippen MR) is 59.1 cm³/mol. The molecule has 0 saturated heterocycles. The van der Waals surface area contributed by atoms with E-state index in [-0.39, 0.29) is 18.4 Å². The van der Waals surface area contributed by atoms with E-state index < -0.39 is 0 Å². The van der Waals surface area contributed by atoms with Crippen molar-refractivity contribution in [3.05, 3.63) is 23.9 Å². The zero-order valence-electron chi connectivity index (χ0n) is 9.47. The summed E-state index contributed by atoms with van der Waals surface area (Å²) in [6.45, 7) is 0.261. The molecule has 16 heavy (non-hydrogen) atoms. The van der Waals surface area contributed by atoms with Crippen molar-refractivity contribution in [2.75, 3.05) is 20.8 Å². The smallest absolute Gasteiger partial charge is 0.310 e. The minimum absolute atomic E-state index is 0.261. The molecule has 1 unspecified atom stereocenters. The summed E-state index contributed by atoms with van der Waals surface area (Å²) in [5.41, 5.74) is 6.47. The van der Waals surface area contributed by atoms with E-state index in [9.17, 15) is 4.79 Å².